The number of hydrogen-bond donors (Lipinski definition) is 0. The van der Waals surface area contributed by atoms with Crippen molar-refractivity contribution in [3.8, 4) is 0 Å². The van der Waals surface area contributed by atoms with Crippen molar-refractivity contribution in [3.63, 3.8) is 0 Å². The first kappa shape index (κ1) is 16.9. The number of furan rings is 1. The van der Waals surface area contributed by atoms with Crippen molar-refractivity contribution >= 4 is 23.8 Å². The molecule has 2 heterocycles. The Morgan fingerprint density at radius 2 is 2.04 bits per heavy atom. The molecule has 2 fully saturated rings. The standard InChI is InChI=1S/C17H19N3O5/c1-3-8-18-15(22)16(23)19(17(18)24)10-14(21)20(12-6-7-12)11(2)13-5-4-9-25-13/h3-5,9,11-12H,1,6-8,10H2,2H3/t11-/m0/s1. The Bertz CT molecular complexity index is 723. The highest BCUT2D eigenvalue weighted by molar-refractivity contribution is 6.45. The highest BCUT2D eigenvalue weighted by Gasteiger charge is 2.46. The lowest BCUT2D eigenvalue weighted by Gasteiger charge is -2.29. The normalized spacial score (nSPS) is 18.7. The second-order valence-corrected chi connectivity index (χ2v) is 6.10. The molecule has 0 bridgehead atoms. The maximum absolute atomic E-state index is 12.8. The first-order valence-electron chi connectivity index (χ1n) is 8.08. The molecule has 1 saturated carbocycles. The molecule has 1 aliphatic heterocycles. The van der Waals surface area contributed by atoms with Crippen LogP contribution in [0.4, 0.5) is 4.79 Å². The highest BCUT2D eigenvalue weighted by Crippen LogP contribution is 2.34. The van der Waals surface area contributed by atoms with E-state index in [4.69, 9.17) is 4.42 Å². The first-order chi connectivity index (χ1) is 12.0. The number of hydrogen-bond acceptors (Lipinski definition) is 5. The van der Waals surface area contributed by atoms with Gasteiger partial charge in [-0.15, -0.1) is 6.58 Å². The van der Waals surface area contributed by atoms with Crippen LogP contribution in [0.5, 0.6) is 0 Å². The summed E-state index contributed by atoms with van der Waals surface area (Å²) >= 11 is 0. The van der Waals surface area contributed by atoms with Crippen LogP contribution in [-0.4, -0.2) is 57.6 Å². The van der Waals surface area contributed by atoms with Gasteiger partial charge in [-0.2, -0.15) is 0 Å². The zero-order valence-electron chi connectivity index (χ0n) is 13.9. The van der Waals surface area contributed by atoms with Crippen LogP contribution in [-0.2, 0) is 14.4 Å². The van der Waals surface area contributed by atoms with Crippen LogP contribution in [0.25, 0.3) is 0 Å². The van der Waals surface area contributed by atoms with E-state index < -0.39 is 24.4 Å². The fraction of sp³-hybridized carbons (Fsp3) is 0.412. The molecule has 1 aromatic rings. The molecule has 8 heteroatoms. The van der Waals surface area contributed by atoms with Crippen molar-refractivity contribution in [2.45, 2.75) is 31.8 Å². The zero-order chi connectivity index (χ0) is 18.1. The van der Waals surface area contributed by atoms with Crippen molar-refractivity contribution in [2.24, 2.45) is 0 Å². The second-order valence-electron chi connectivity index (χ2n) is 6.10. The van der Waals surface area contributed by atoms with Gasteiger partial charge in [-0.1, -0.05) is 6.08 Å². The number of amides is 5. The van der Waals surface area contributed by atoms with Crippen molar-refractivity contribution in [2.75, 3.05) is 13.1 Å². The summed E-state index contributed by atoms with van der Waals surface area (Å²) in [5.74, 6) is -1.68. The van der Waals surface area contributed by atoms with Gasteiger partial charge < -0.3 is 9.32 Å². The number of nitrogens with zero attached hydrogens (tertiary/aromatic N) is 3. The van der Waals surface area contributed by atoms with E-state index in [1.54, 1.807) is 17.0 Å². The first-order valence-corrected chi connectivity index (χ1v) is 8.08. The van der Waals surface area contributed by atoms with Crippen LogP contribution < -0.4 is 0 Å². The van der Waals surface area contributed by atoms with E-state index in [2.05, 4.69) is 6.58 Å². The summed E-state index contributed by atoms with van der Waals surface area (Å²) in [7, 11) is 0. The van der Waals surface area contributed by atoms with Gasteiger partial charge in [-0.05, 0) is 31.9 Å². The molecule has 0 N–H and O–H groups in total. The molecule has 2 aliphatic rings. The quantitative estimate of drug-likeness (QED) is 0.422. The fourth-order valence-electron chi connectivity index (χ4n) is 2.95. The van der Waals surface area contributed by atoms with Crippen LogP contribution in [0.15, 0.2) is 35.5 Å². The summed E-state index contributed by atoms with van der Waals surface area (Å²) in [6, 6.07) is 2.46. The minimum Gasteiger partial charge on any atom is -0.467 e. The largest absolute Gasteiger partial charge is 0.467 e. The van der Waals surface area contributed by atoms with E-state index in [0.717, 1.165) is 17.7 Å². The van der Waals surface area contributed by atoms with Gasteiger partial charge in [-0.3, -0.25) is 19.3 Å². The monoisotopic (exact) mass is 345 g/mol. The van der Waals surface area contributed by atoms with E-state index in [-0.39, 0.29) is 24.5 Å². The fourth-order valence-corrected chi connectivity index (χ4v) is 2.95. The second kappa shape index (κ2) is 6.54. The Labute approximate surface area is 144 Å². The lowest BCUT2D eigenvalue weighted by Crippen LogP contribution is -2.45. The van der Waals surface area contributed by atoms with E-state index >= 15 is 0 Å². The average Bonchev–Trinajstić information content (AvgIpc) is 3.21. The summed E-state index contributed by atoms with van der Waals surface area (Å²) in [6.45, 7) is 4.76. The summed E-state index contributed by atoms with van der Waals surface area (Å²) in [5.41, 5.74) is 0. The summed E-state index contributed by atoms with van der Waals surface area (Å²) < 4.78 is 5.37. The van der Waals surface area contributed by atoms with Crippen molar-refractivity contribution < 1.29 is 23.6 Å². The average molecular weight is 345 g/mol. The SMILES string of the molecule is C=CCN1C(=O)C(=O)N(CC(=O)N(C2CC2)[C@@H](C)c2ccco2)C1=O. The Kier molecular flexibility index (Phi) is 4.43. The highest BCUT2D eigenvalue weighted by atomic mass is 16.3. The Balaban J connectivity index is 1.75. The molecule has 1 saturated heterocycles. The van der Waals surface area contributed by atoms with Crippen LogP contribution in [0.2, 0.25) is 0 Å². The molecule has 8 nitrogen and oxygen atoms in total. The summed E-state index contributed by atoms with van der Waals surface area (Å²) in [6.07, 6.45) is 4.60. The van der Waals surface area contributed by atoms with Gasteiger partial charge in [-0.25, -0.2) is 9.69 Å². The van der Waals surface area contributed by atoms with Gasteiger partial charge >= 0.3 is 17.8 Å². The molecule has 0 radical (unpaired) electrons. The molecule has 1 aliphatic carbocycles. The predicted molar refractivity (Wildman–Crippen MR) is 86.0 cm³/mol. The summed E-state index contributed by atoms with van der Waals surface area (Å²) in [4.78, 5) is 52.0. The molecule has 25 heavy (non-hydrogen) atoms. The topological polar surface area (TPSA) is 91.1 Å². The van der Waals surface area contributed by atoms with E-state index in [0.29, 0.717) is 10.7 Å². The maximum Gasteiger partial charge on any atom is 0.335 e. The zero-order valence-corrected chi connectivity index (χ0v) is 13.9. The van der Waals surface area contributed by atoms with E-state index in [1.165, 1.54) is 12.3 Å². The van der Waals surface area contributed by atoms with Gasteiger partial charge in [0.2, 0.25) is 5.91 Å². The van der Waals surface area contributed by atoms with Crippen molar-refractivity contribution in [1.82, 2.24) is 14.7 Å². The molecule has 0 spiro atoms. The van der Waals surface area contributed by atoms with Crippen LogP contribution in [0.1, 0.15) is 31.6 Å². The summed E-state index contributed by atoms with van der Waals surface area (Å²) in [5, 5.41) is 0. The van der Waals surface area contributed by atoms with Crippen LogP contribution in [0, 0.1) is 0 Å². The Morgan fingerprint density at radius 1 is 1.36 bits per heavy atom. The maximum atomic E-state index is 12.8. The van der Waals surface area contributed by atoms with Crippen molar-refractivity contribution in [1.29, 1.82) is 0 Å². The lowest BCUT2D eigenvalue weighted by molar-refractivity contribution is -0.145. The van der Waals surface area contributed by atoms with Gasteiger partial charge in [0.25, 0.3) is 0 Å². The van der Waals surface area contributed by atoms with Crippen LogP contribution >= 0.6 is 0 Å². The number of rotatable bonds is 7. The minimum absolute atomic E-state index is 0.0559. The van der Waals surface area contributed by atoms with Gasteiger partial charge in [0.05, 0.1) is 12.3 Å². The predicted octanol–water partition coefficient (Wildman–Crippen LogP) is 1.31. The molecule has 0 unspecified atom stereocenters. The number of carbonyl (C=O) groups excluding carboxylic acids is 4. The van der Waals surface area contributed by atoms with Crippen LogP contribution in [0.3, 0.4) is 0 Å². The smallest absolute Gasteiger partial charge is 0.335 e. The lowest BCUT2D eigenvalue weighted by atomic mass is 10.2. The van der Waals surface area contributed by atoms with E-state index in [9.17, 15) is 19.2 Å². The number of imide groups is 2. The number of urea groups is 1. The Morgan fingerprint density at radius 3 is 2.60 bits per heavy atom. The molecular formula is C17H19N3O5. The molecule has 0 aromatic carbocycles. The molecule has 3 rings (SSSR count). The van der Waals surface area contributed by atoms with Gasteiger partial charge in [0.1, 0.15) is 12.3 Å². The van der Waals surface area contributed by atoms with E-state index in [1.807, 2.05) is 6.92 Å². The Hall–Kier alpha value is -2.90. The third kappa shape index (κ3) is 3.07. The molecule has 132 valence electrons. The minimum atomic E-state index is -0.985. The molecule has 1 atom stereocenters. The van der Waals surface area contributed by atoms with Crippen molar-refractivity contribution in [3.05, 3.63) is 36.8 Å². The van der Waals surface area contributed by atoms with Gasteiger partial charge in [0, 0.05) is 12.6 Å². The molecule has 1 aromatic heterocycles. The molecular weight excluding hydrogens is 326 g/mol. The molecule has 5 amide bonds. The third-order valence-corrected chi connectivity index (χ3v) is 4.34. The number of carbonyl (C=O) groups is 4. The van der Waals surface area contributed by atoms with Gasteiger partial charge in [0.15, 0.2) is 0 Å². The third-order valence-electron chi connectivity index (χ3n) is 4.34.